The van der Waals surface area contributed by atoms with Crippen LogP contribution in [-0.2, 0) is 49.3 Å². The Bertz CT molecular complexity index is 1420. The summed E-state index contributed by atoms with van der Waals surface area (Å²) in [7, 11) is 0. The Morgan fingerprint density at radius 3 is 2.05 bits per heavy atom. The molecule has 2 aliphatic rings. The van der Waals surface area contributed by atoms with Crippen molar-refractivity contribution in [3.05, 3.63) is 47.5 Å². The summed E-state index contributed by atoms with van der Waals surface area (Å²) in [5, 5.41) is 10.7. The maximum Gasteiger partial charge on any atom is 0.303 e. The molecule has 0 aliphatic carbocycles. The zero-order valence-electron chi connectivity index (χ0n) is 24.4. The van der Waals surface area contributed by atoms with E-state index in [-0.39, 0.29) is 17.7 Å². The van der Waals surface area contributed by atoms with E-state index in [4.69, 9.17) is 37.9 Å². The Morgan fingerprint density at radius 1 is 0.773 bits per heavy atom. The molecule has 14 heteroatoms. The van der Waals surface area contributed by atoms with Crippen molar-refractivity contribution < 1.29 is 67.0 Å². The lowest BCUT2D eigenvalue weighted by atomic mass is 9.98. The van der Waals surface area contributed by atoms with Crippen molar-refractivity contribution in [2.45, 2.75) is 64.8 Å². The molecule has 2 heterocycles. The van der Waals surface area contributed by atoms with Crippen LogP contribution in [0.25, 0.3) is 0 Å². The van der Waals surface area contributed by atoms with Gasteiger partial charge in [0.2, 0.25) is 12.4 Å². The third-order valence-electron chi connectivity index (χ3n) is 6.44. The number of esters is 4. The predicted molar refractivity (Wildman–Crippen MR) is 146 cm³/mol. The number of carbonyl (C=O) groups is 5. The zero-order chi connectivity index (χ0) is 32.0. The third kappa shape index (κ3) is 8.16. The van der Waals surface area contributed by atoms with Crippen LogP contribution < -0.4 is 14.2 Å². The van der Waals surface area contributed by atoms with Crippen LogP contribution >= 0.6 is 0 Å². The molecule has 2 aromatic rings. The first-order valence-corrected chi connectivity index (χ1v) is 13.6. The van der Waals surface area contributed by atoms with E-state index < -0.39 is 72.7 Å². The highest BCUT2D eigenvalue weighted by molar-refractivity contribution is 6.00. The Balaban J connectivity index is 1.57. The molecule has 4 rings (SSSR count). The fourth-order valence-electron chi connectivity index (χ4n) is 4.72. The number of hydrogen-bond donors (Lipinski definition) is 1. The molecule has 2 aliphatic heterocycles. The molecule has 0 amide bonds. The highest BCUT2D eigenvalue weighted by Crippen LogP contribution is 2.34. The monoisotopic (exact) mass is 616 g/mol. The lowest BCUT2D eigenvalue weighted by Gasteiger charge is -2.43. The Hall–Kier alpha value is -4.85. The van der Waals surface area contributed by atoms with Crippen LogP contribution in [-0.4, -0.2) is 85.3 Å². The summed E-state index contributed by atoms with van der Waals surface area (Å²) in [5.41, 5.74) is 0.658. The van der Waals surface area contributed by atoms with Gasteiger partial charge in [-0.05, 0) is 29.8 Å². The van der Waals surface area contributed by atoms with Gasteiger partial charge in [-0.3, -0.25) is 24.0 Å². The van der Waals surface area contributed by atoms with E-state index >= 15 is 0 Å². The number of rotatable bonds is 10. The highest BCUT2D eigenvalue weighted by Gasteiger charge is 2.53. The van der Waals surface area contributed by atoms with Gasteiger partial charge in [-0.25, -0.2) is 0 Å². The van der Waals surface area contributed by atoms with Crippen LogP contribution in [0.5, 0.6) is 23.0 Å². The van der Waals surface area contributed by atoms with Gasteiger partial charge in [0.05, 0.1) is 5.56 Å². The standard InChI is InChI=1S/C30H32O14/c1-15(31)39-14-26-27(40-16(2)32)28(41-17(3)33)29(42-18(4)34)30(44-26)43-20-6-7-21(23(36)13-20)22(35)11-19-5-8-24-25(12-19)38-10-9-37-24/h5-8,12-13,26-30,36H,9-11,14H2,1-4H3/t26-,27+,28-,29-,30+/m0/s1. The van der Waals surface area contributed by atoms with Crippen LogP contribution in [0.15, 0.2) is 36.4 Å². The SMILES string of the molecule is CC(=O)OC[C@@H]1O[C@@H](Oc2ccc(C(=O)Cc3ccc4c(c3)OCCO4)c(O)c2)[C@@H](OC(C)=O)[C@@H](OC(C)=O)[C@@H]1OC(C)=O. The van der Waals surface area contributed by atoms with Crippen LogP contribution in [0, 0.1) is 0 Å². The van der Waals surface area contributed by atoms with Crippen LogP contribution in [0.1, 0.15) is 43.6 Å². The molecular weight excluding hydrogens is 584 g/mol. The van der Waals surface area contributed by atoms with Gasteiger partial charge in [0.1, 0.15) is 37.4 Å². The van der Waals surface area contributed by atoms with Gasteiger partial charge in [0.15, 0.2) is 29.5 Å². The Morgan fingerprint density at radius 2 is 1.41 bits per heavy atom. The average molecular weight is 617 g/mol. The summed E-state index contributed by atoms with van der Waals surface area (Å²) in [6, 6.07) is 9.02. The Labute approximate surface area is 252 Å². The maximum atomic E-state index is 13.0. The predicted octanol–water partition coefficient (Wildman–Crippen LogP) is 2.05. The molecule has 0 spiro atoms. The van der Waals surface area contributed by atoms with E-state index in [1.54, 1.807) is 18.2 Å². The molecule has 5 atom stereocenters. The molecule has 0 radical (unpaired) electrons. The number of aromatic hydroxyl groups is 1. The number of phenolic OH excluding ortho intramolecular Hbond substituents is 1. The second-order valence-corrected chi connectivity index (χ2v) is 9.94. The quantitative estimate of drug-likeness (QED) is 0.233. The van der Waals surface area contributed by atoms with Crippen LogP contribution in [0.3, 0.4) is 0 Å². The topological polar surface area (TPSA) is 179 Å². The van der Waals surface area contributed by atoms with Gasteiger partial charge >= 0.3 is 23.9 Å². The third-order valence-corrected chi connectivity index (χ3v) is 6.44. The van der Waals surface area contributed by atoms with Crippen LogP contribution in [0.2, 0.25) is 0 Å². The molecular formula is C30H32O14. The number of ether oxygens (including phenoxy) is 8. The molecule has 236 valence electrons. The van der Waals surface area contributed by atoms with E-state index in [2.05, 4.69) is 0 Å². The van der Waals surface area contributed by atoms with Crippen LogP contribution in [0.4, 0.5) is 0 Å². The fraction of sp³-hybridized carbons (Fsp3) is 0.433. The van der Waals surface area contributed by atoms with Crippen molar-refractivity contribution in [2.24, 2.45) is 0 Å². The molecule has 2 aromatic carbocycles. The first-order valence-electron chi connectivity index (χ1n) is 13.6. The maximum absolute atomic E-state index is 13.0. The van der Waals surface area contributed by atoms with Crippen molar-refractivity contribution in [2.75, 3.05) is 19.8 Å². The minimum absolute atomic E-state index is 0.00813. The van der Waals surface area contributed by atoms with E-state index in [0.29, 0.717) is 30.3 Å². The summed E-state index contributed by atoms with van der Waals surface area (Å²) in [6.07, 6.45) is -7.01. The highest BCUT2D eigenvalue weighted by atomic mass is 16.7. The average Bonchev–Trinajstić information content (AvgIpc) is 2.94. The first-order chi connectivity index (χ1) is 20.9. The second kappa shape index (κ2) is 14.1. The molecule has 1 N–H and O–H groups in total. The first kappa shape index (κ1) is 32.1. The van der Waals surface area contributed by atoms with Crippen molar-refractivity contribution in [1.29, 1.82) is 0 Å². The van der Waals surface area contributed by atoms with Crippen molar-refractivity contribution in [3.63, 3.8) is 0 Å². The molecule has 0 unspecified atom stereocenters. The van der Waals surface area contributed by atoms with E-state index in [0.717, 1.165) is 33.8 Å². The molecule has 0 saturated carbocycles. The van der Waals surface area contributed by atoms with E-state index in [1.165, 1.54) is 12.1 Å². The van der Waals surface area contributed by atoms with Gasteiger partial charge in [0, 0.05) is 40.2 Å². The zero-order valence-corrected chi connectivity index (χ0v) is 24.4. The number of Topliss-reactive ketones (excluding diaryl/α,β-unsaturated/α-hetero) is 1. The molecule has 0 aromatic heterocycles. The Kier molecular flexibility index (Phi) is 10.3. The van der Waals surface area contributed by atoms with Crippen molar-refractivity contribution in [1.82, 2.24) is 0 Å². The summed E-state index contributed by atoms with van der Waals surface area (Å²) >= 11 is 0. The van der Waals surface area contributed by atoms with E-state index in [1.807, 2.05) is 0 Å². The number of ketones is 1. The van der Waals surface area contributed by atoms with Gasteiger partial charge in [-0.2, -0.15) is 0 Å². The van der Waals surface area contributed by atoms with Gasteiger partial charge in [-0.1, -0.05) is 6.07 Å². The summed E-state index contributed by atoms with van der Waals surface area (Å²) in [4.78, 5) is 60.5. The van der Waals surface area contributed by atoms with Gasteiger partial charge in [-0.15, -0.1) is 0 Å². The minimum atomic E-state index is -1.51. The molecule has 44 heavy (non-hydrogen) atoms. The minimum Gasteiger partial charge on any atom is -0.507 e. The second-order valence-electron chi connectivity index (χ2n) is 9.94. The largest absolute Gasteiger partial charge is 0.507 e. The summed E-state index contributed by atoms with van der Waals surface area (Å²) in [6.45, 7) is 4.86. The van der Waals surface area contributed by atoms with Gasteiger partial charge in [0.25, 0.3) is 0 Å². The fourth-order valence-corrected chi connectivity index (χ4v) is 4.72. The molecule has 14 nitrogen and oxygen atoms in total. The van der Waals surface area contributed by atoms with Gasteiger partial charge < -0.3 is 43.0 Å². The number of fused-ring (bicyclic) bond motifs is 1. The molecule has 1 saturated heterocycles. The lowest BCUT2D eigenvalue weighted by Crippen LogP contribution is -2.63. The van der Waals surface area contributed by atoms with E-state index in [9.17, 15) is 29.1 Å². The smallest absolute Gasteiger partial charge is 0.303 e. The number of hydrogen-bond acceptors (Lipinski definition) is 14. The molecule has 1 fully saturated rings. The lowest BCUT2D eigenvalue weighted by molar-refractivity contribution is -0.288. The van der Waals surface area contributed by atoms with Crippen molar-refractivity contribution in [3.8, 4) is 23.0 Å². The number of benzene rings is 2. The normalized spacial score (nSPS) is 22.2. The molecule has 0 bridgehead atoms. The number of carbonyl (C=O) groups excluding carboxylic acids is 5. The van der Waals surface area contributed by atoms with Crippen molar-refractivity contribution >= 4 is 29.7 Å². The summed E-state index contributed by atoms with van der Waals surface area (Å²) in [5.74, 6) is -2.74. The summed E-state index contributed by atoms with van der Waals surface area (Å²) < 4.78 is 44.0. The number of phenols is 1.